The summed E-state index contributed by atoms with van der Waals surface area (Å²) < 4.78 is 13.3. The van der Waals surface area contributed by atoms with Gasteiger partial charge in [0, 0.05) is 31.9 Å². The summed E-state index contributed by atoms with van der Waals surface area (Å²) in [6.45, 7) is 13.0. The van der Waals surface area contributed by atoms with Crippen molar-refractivity contribution < 1.29 is 14.3 Å². The van der Waals surface area contributed by atoms with E-state index in [0.717, 1.165) is 5.56 Å². The van der Waals surface area contributed by atoms with Crippen molar-refractivity contribution in [2.45, 2.75) is 59.1 Å². The lowest BCUT2D eigenvalue weighted by Crippen LogP contribution is -2.57. The van der Waals surface area contributed by atoms with Crippen molar-refractivity contribution in [1.82, 2.24) is 24.4 Å². The number of carbonyl (C=O) groups excluding carboxylic acids is 1. The summed E-state index contributed by atoms with van der Waals surface area (Å²) in [4.78, 5) is 43.7. The first kappa shape index (κ1) is 25.3. The minimum Gasteiger partial charge on any atom is -0.490 e. The molecule has 11 heteroatoms. The second-order valence-corrected chi connectivity index (χ2v) is 11.2. The zero-order valence-corrected chi connectivity index (χ0v) is 22.7. The third-order valence-electron chi connectivity index (χ3n) is 6.58. The molecule has 1 saturated heterocycles. The molecule has 5 heterocycles. The molecular weight excluding hydrogens is 496 g/mol. The van der Waals surface area contributed by atoms with Crippen LogP contribution in [0.5, 0.6) is 5.75 Å². The van der Waals surface area contributed by atoms with E-state index in [9.17, 15) is 9.59 Å². The van der Waals surface area contributed by atoms with Crippen molar-refractivity contribution in [3.05, 3.63) is 45.2 Å². The SMILES string of the molecule is Cc1nccc(C(C)C)c1-n1c(=O)nc2c3c(cc(Cl)nc31)OC[C@H]1CN(C(=O)OC(C)(C)C)CCN21. The molecule has 0 unspecified atom stereocenters. The number of amides is 1. The molecule has 1 fully saturated rings. The highest BCUT2D eigenvalue weighted by molar-refractivity contribution is 6.30. The van der Waals surface area contributed by atoms with Crippen LogP contribution in [-0.2, 0) is 4.74 Å². The molecule has 0 N–H and O–H groups in total. The van der Waals surface area contributed by atoms with Crippen molar-refractivity contribution >= 4 is 34.5 Å². The fourth-order valence-corrected chi connectivity index (χ4v) is 5.13. The summed E-state index contributed by atoms with van der Waals surface area (Å²) in [5.41, 5.74) is 1.59. The zero-order chi connectivity index (χ0) is 26.6. The van der Waals surface area contributed by atoms with Crippen LogP contribution in [0.25, 0.3) is 16.7 Å². The fourth-order valence-electron chi connectivity index (χ4n) is 4.95. The van der Waals surface area contributed by atoms with Gasteiger partial charge in [0.2, 0.25) is 0 Å². The van der Waals surface area contributed by atoms with Crippen molar-refractivity contribution in [1.29, 1.82) is 0 Å². The summed E-state index contributed by atoms with van der Waals surface area (Å²) in [6, 6.07) is 3.32. The molecule has 0 saturated carbocycles. The van der Waals surface area contributed by atoms with E-state index in [1.165, 1.54) is 4.57 Å². The fraction of sp³-hybridized carbons (Fsp3) is 0.500. The minimum atomic E-state index is -0.593. The molecule has 0 radical (unpaired) electrons. The highest BCUT2D eigenvalue weighted by Crippen LogP contribution is 2.39. The Labute approximate surface area is 220 Å². The third kappa shape index (κ3) is 4.58. The topological polar surface area (TPSA) is 103 Å². The van der Waals surface area contributed by atoms with Gasteiger partial charge in [-0.05, 0) is 45.2 Å². The van der Waals surface area contributed by atoms with Gasteiger partial charge in [-0.3, -0.25) is 4.98 Å². The molecule has 0 spiro atoms. The Balaban J connectivity index is 1.65. The predicted octanol–water partition coefficient (Wildman–Crippen LogP) is 4.08. The molecule has 1 amide bonds. The first-order valence-electron chi connectivity index (χ1n) is 12.4. The van der Waals surface area contributed by atoms with Crippen LogP contribution in [0.4, 0.5) is 10.6 Å². The molecule has 2 aliphatic heterocycles. The van der Waals surface area contributed by atoms with Crippen LogP contribution in [0.15, 0.2) is 23.1 Å². The number of ether oxygens (including phenoxy) is 2. The summed E-state index contributed by atoms with van der Waals surface area (Å²) in [7, 11) is 0. The number of nitrogens with zero attached hydrogens (tertiary/aromatic N) is 6. The van der Waals surface area contributed by atoms with E-state index < -0.39 is 11.3 Å². The zero-order valence-electron chi connectivity index (χ0n) is 21.9. The van der Waals surface area contributed by atoms with E-state index in [2.05, 4.69) is 28.8 Å². The molecule has 10 nitrogen and oxygen atoms in total. The Morgan fingerprint density at radius 3 is 2.70 bits per heavy atom. The van der Waals surface area contributed by atoms with Crippen LogP contribution in [0, 0.1) is 6.92 Å². The summed E-state index contributed by atoms with van der Waals surface area (Å²) in [5, 5.41) is 0.811. The average molecular weight is 527 g/mol. The van der Waals surface area contributed by atoms with Crippen LogP contribution in [0.1, 0.15) is 51.8 Å². The molecule has 37 heavy (non-hydrogen) atoms. The van der Waals surface area contributed by atoms with Crippen LogP contribution in [-0.4, -0.2) is 68.4 Å². The highest BCUT2D eigenvalue weighted by atomic mass is 35.5. The van der Waals surface area contributed by atoms with E-state index in [1.54, 1.807) is 17.2 Å². The van der Waals surface area contributed by atoms with Crippen LogP contribution < -0.4 is 15.3 Å². The highest BCUT2D eigenvalue weighted by Gasteiger charge is 2.37. The lowest BCUT2D eigenvalue weighted by atomic mass is 10.0. The monoisotopic (exact) mass is 526 g/mol. The van der Waals surface area contributed by atoms with Gasteiger partial charge in [-0.1, -0.05) is 25.4 Å². The van der Waals surface area contributed by atoms with E-state index in [-0.39, 0.29) is 29.8 Å². The van der Waals surface area contributed by atoms with Gasteiger partial charge in [-0.2, -0.15) is 4.98 Å². The summed E-state index contributed by atoms with van der Waals surface area (Å²) >= 11 is 6.44. The Morgan fingerprint density at radius 1 is 1.24 bits per heavy atom. The molecule has 0 aliphatic carbocycles. The molecular formula is C26H31ClN6O4. The van der Waals surface area contributed by atoms with Crippen LogP contribution >= 0.6 is 11.6 Å². The molecule has 196 valence electrons. The maximum atomic E-state index is 13.7. The normalized spacial score (nSPS) is 17.5. The van der Waals surface area contributed by atoms with Gasteiger partial charge in [-0.25, -0.2) is 19.1 Å². The Morgan fingerprint density at radius 2 is 2.00 bits per heavy atom. The van der Waals surface area contributed by atoms with Crippen molar-refractivity contribution in [2.75, 3.05) is 31.1 Å². The maximum absolute atomic E-state index is 13.7. The molecule has 0 aromatic carbocycles. The Hall–Kier alpha value is -3.40. The molecule has 0 bridgehead atoms. The number of piperazine rings is 1. The Kier molecular flexibility index (Phi) is 6.26. The maximum Gasteiger partial charge on any atom is 0.410 e. The second-order valence-electron chi connectivity index (χ2n) is 10.8. The smallest absolute Gasteiger partial charge is 0.410 e. The number of aromatic nitrogens is 4. The number of pyridine rings is 2. The van der Waals surface area contributed by atoms with E-state index in [0.29, 0.717) is 53.6 Å². The van der Waals surface area contributed by atoms with Gasteiger partial charge in [0.05, 0.1) is 17.4 Å². The molecule has 3 aromatic rings. The van der Waals surface area contributed by atoms with Gasteiger partial charge in [0.25, 0.3) is 0 Å². The lowest BCUT2D eigenvalue weighted by molar-refractivity contribution is 0.0202. The van der Waals surface area contributed by atoms with Gasteiger partial charge in [0.15, 0.2) is 5.65 Å². The second kappa shape index (κ2) is 9.16. The van der Waals surface area contributed by atoms with Crippen molar-refractivity contribution in [3.63, 3.8) is 0 Å². The predicted molar refractivity (Wildman–Crippen MR) is 141 cm³/mol. The number of anilines is 1. The molecule has 1 atom stereocenters. The van der Waals surface area contributed by atoms with Crippen LogP contribution in [0.3, 0.4) is 0 Å². The van der Waals surface area contributed by atoms with Gasteiger partial charge in [-0.15, -0.1) is 0 Å². The van der Waals surface area contributed by atoms with Crippen molar-refractivity contribution in [2.24, 2.45) is 0 Å². The minimum absolute atomic E-state index is 0.134. The number of halogens is 1. The Bertz CT molecular complexity index is 1450. The average Bonchev–Trinajstić information content (AvgIpc) is 2.95. The molecule has 3 aromatic heterocycles. The molecule has 2 aliphatic rings. The lowest BCUT2D eigenvalue weighted by Gasteiger charge is -2.41. The van der Waals surface area contributed by atoms with E-state index in [4.69, 9.17) is 21.1 Å². The summed E-state index contributed by atoms with van der Waals surface area (Å²) in [5.74, 6) is 1.11. The summed E-state index contributed by atoms with van der Waals surface area (Å²) in [6.07, 6.45) is 1.36. The van der Waals surface area contributed by atoms with Crippen LogP contribution in [0.2, 0.25) is 5.15 Å². The number of hydrogen-bond donors (Lipinski definition) is 0. The largest absolute Gasteiger partial charge is 0.490 e. The first-order chi connectivity index (χ1) is 17.4. The van der Waals surface area contributed by atoms with E-state index in [1.807, 2.05) is 38.7 Å². The molecule has 5 rings (SSSR count). The van der Waals surface area contributed by atoms with Crippen molar-refractivity contribution in [3.8, 4) is 11.4 Å². The van der Waals surface area contributed by atoms with E-state index >= 15 is 0 Å². The third-order valence-corrected chi connectivity index (χ3v) is 6.78. The van der Waals surface area contributed by atoms with Gasteiger partial charge < -0.3 is 19.3 Å². The number of fused-ring (bicyclic) bond motifs is 2. The standard InChI is InChI=1S/C26H31ClN6O4/c1-14(2)17-7-8-28-15(3)21(17)33-23-20-18(11-19(27)29-23)36-13-16-12-31(25(35)37-26(4,5)6)9-10-32(16)22(20)30-24(33)34/h7-8,11,14,16H,9-10,12-13H2,1-6H3/t16-/m1/s1. The quantitative estimate of drug-likeness (QED) is 0.460. The first-order valence-corrected chi connectivity index (χ1v) is 12.8. The van der Waals surface area contributed by atoms with Gasteiger partial charge in [0.1, 0.15) is 34.3 Å². The number of aryl methyl sites for hydroxylation is 1. The number of rotatable bonds is 2. The van der Waals surface area contributed by atoms with Gasteiger partial charge >= 0.3 is 11.8 Å². The number of hydrogen-bond acceptors (Lipinski definition) is 8. The number of carbonyl (C=O) groups is 1.